The average molecular weight is 235 g/mol. The van der Waals surface area contributed by atoms with E-state index in [2.05, 4.69) is 10.3 Å². The highest BCUT2D eigenvalue weighted by Crippen LogP contribution is 2.00. The summed E-state index contributed by atoms with van der Waals surface area (Å²) in [5.74, 6) is 0.458. The number of nitrogens with two attached hydrogens (primary N) is 1. The van der Waals surface area contributed by atoms with Gasteiger partial charge in [0.05, 0.1) is 6.54 Å². The number of nitrogens with one attached hydrogen (secondary N) is 1. The van der Waals surface area contributed by atoms with Gasteiger partial charge < -0.3 is 16.2 Å². The van der Waals surface area contributed by atoms with Crippen molar-refractivity contribution in [2.24, 2.45) is 10.7 Å². The molecular formula is C13H21N3O. The van der Waals surface area contributed by atoms with Crippen molar-refractivity contribution in [3.63, 3.8) is 0 Å². The SMILES string of the molecule is CC(CCCO)NC(N)=NCc1ccccc1. The summed E-state index contributed by atoms with van der Waals surface area (Å²) in [6.45, 7) is 2.83. The third-order valence-corrected chi connectivity index (χ3v) is 2.46. The van der Waals surface area contributed by atoms with E-state index in [0.717, 1.165) is 18.4 Å². The molecule has 4 heteroatoms. The lowest BCUT2D eigenvalue weighted by atomic mass is 10.2. The summed E-state index contributed by atoms with van der Waals surface area (Å²) in [4.78, 5) is 4.26. The highest BCUT2D eigenvalue weighted by Gasteiger charge is 2.01. The Hall–Kier alpha value is -1.55. The molecule has 1 rings (SSSR count). The number of aliphatic hydroxyl groups excluding tert-OH is 1. The Balaban J connectivity index is 2.34. The van der Waals surface area contributed by atoms with Crippen LogP contribution in [0.1, 0.15) is 25.3 Å². The number of aliphatic imine (C=N–C) groups is 1. The van der Waals surface area contributed by atoms with E-state index in [4.69, 9.17) is 10.8 Å². The van der Waals surface area contributed by atoms with Crippen LogP contribution in [0.3, 0.4) is 0 Å². The highest BCUT2D eigenvalue weighted by molar-refractivity contribution is 5.78. The Kier molecular flexibility index (Phi) is 6.10. The molecule has 17 heavy (non-hydrogen) atoms. The van der Waals surface area contributed by atoms with Crippen molar-refractivity contribution < 1.29 is 5.11 Å². The Labute approximate surface area is 103 Å². The number of hydrogen-bond donors (Lipinski definition) is 3. The maximum absolute atomic E-state index is 8.71. The minimum Gasteiger partial charge on any atom is -0.396 e. The van der Waals surface area contributed by atoms with Gasteiger partial charge >= 0.3 is 0 Å². The lowest BCUT2D eigenvalue weighted by molar-refractivity contribution is 0.279. The van der Waals surface area contributed by atoms with Crippen molar-refractivity contribution >= 4 is 5.96 Å². The summed E-state index contributed by atoms with van der Waals surface area (Å²) in [6.07, 6.45) is 1.66. The quantitative estimate of drug-likeness (QED) is 0.513. The van der Waals surface area contributed by atoms with Gasteiger partial charge in [-0.25, -0.2) is 4.99 Å². The molecule has 0 aromatic heterocycles. The van der Waals surface area contributed by atoms with Crippen LogP contribution >= 0.6 is 0 Å². The minimum absolute atomic E-state index is 0.215. The molecule has 0 aliphatic heterocycles. The van der Waals surface area contributed by atoms with Crippen LogP contribution in [0.5, 0.6) is 0 Å². The number of benzene rings is 1. The van der Waals surface area contributed by atoms with E-state index in [1.54, 1.807) is 0 Å². The van der Waals surface area contributed by atoms with Gasteiger partial charge in [-0.05, 0) is 25.3 Å². The normalized spacial score (nSPS) is 13.4. The monoisotopic (exact) mass is 235 g/mol. The Morgan fingerprint density at radius 3 is 2.76 bits per heavy atom. The zero-order chi connectivity index (χ0) is 12.5. The predicted octanol–water partition coefficient (Wildman–Crippen LogP) is 1.25. The summed E-state index contributed by atoms with van der Waals surface area (Å²) in [5.41, 5.74) is 6.91. The van der Waals surface area contributed by atoms with E-state index in [-0.39, 0.29) is 12.6 Å². The lowest BCUT2D eigenvalue weighted by Crippen LogP contribution is -2.38. The first-order valence-corrected chi connectivity index (χ1v) is 5.93. The first kappa shape index (κ1) is 13.5. The zero-order valence-corrected chi connectivity index (χ0v) is 10.3. The highest BCUT2D eigenvalue weighted by atomic mass is 16.2. The van der Waals surface area contributed by atoms with Gasteiger partial charge in [-0.3, -0.25) is 0 Å². The minimum atomic E-state index is 0.215. The maximum Gasteiger partial charge on any atom is 0.189 e. The smallest absolute Gasteiger partial charge is 0.189 e. The second-order valence-corrected chi connectivity index (χ2v) is 4.10. The van der Waals surface area contributed by atoms with Crippen LogP contribution in [0.2, 0.25) is 0 Å². The van der Waals surface area contributed by atoms with Gasteiger partial charge in [0.2, 0.25) is 0 Å². The zero-order valence-electron chi connectivity index (χ0n) is 10.3. The molecule has 0 saturated heterocycles. The van der Waals surface area contributed by atoms with Crippen LogP contribution < -0.4 is 11.1 Å². The van der Waals surface area contributed by atoms with E-state index >= 15 is 0 Å². The molecule has 1 aromatic carbocycles. The lowest BCUT2D eigenvalue weighted by Gasteiger charge is -2.13. The fourth-order valence-corrected chi connectivity index (χ4v) is 1.53. The molecule has 0 aliphatic rings. The van der Waals surface area contributed by atoms with Gasteiger partial charge in [0, 0.05) is 12.6 Å². The molecule has 0 aliphatic carbocycles. The number of nitrogens with zero attached hydrogens (tertiary/aromatic N) is 1. The maximum atomic E-state index is 8.71. The molecule has 0 bridgehead atoms. The van der Waals surface area contributed by atoms with Crippen molar-refractivity contribution in [1.29, 1.82) is 0 Å². The van der Waals surface area contributed by atoms with Crippen molar-refractivity contribution in [3.05, 3.63) is 35.9 Å². The van der Waals surface area contributed by atoms with Crippen LogP contribution in [0.4, 0.5) is 0 Å². The van der Waals surface area contributed by atoms with Crippen molar-refractivity contribution in [3.8, 4) is 0 Å². The molecule has 0 spiro atoms. The van der Waals surface area contributed by atoms with Crippen molar-refractivity contribution in [1.82, 2.24) is 5.32 Å². The summed E-state index contributed by atoms with van der Waals surface area (Å²) < 4.78 is 0. The van der Waals surface area contributed by atoms with Crippen LogP contribution in [-0.2, 0) is 6.54 Å². The van der Waals surface area contributed by atoms with Crippen LogP contribution in [0.15, 0.2) is 35.3 Å². The molecular weight excluding hydrogens is 214 g/mol. The van der Waals surface area contributed by atoms with Gasteiger partial charge in [0.25, 0.3) is 0 Å². The van der Waals surface area contributed by atoms with Gasteiger partial charge in [-0.2, -0.15) is 0 Å². The second kappa shape index (κ2) is 7.68. The van der Waals surface area contributed by atoms with E-state index in [1.807, 2.05) is 37.3 Å². The van der Waals surface area contributed by atoms with E-state index in [0.29, 0.717) is 12.5 Å². The Morgan fingerprint density at radius 2 is 2.12 bits per heavy atom. The van der Waals surface area contributed by atoms with Gasteiger partial charge in [-0.1, -0.05) is 30.3 Å². The third kappa shape index (κ3) is 5.92. The number of guanidine groups is 1. The van der Waals surface area contributed by atoms with Crippen LogP contribution in [-0.4, -0.2) is 23.7 Å². The first-order valence-electron chi connectivity index (χ1n) is 5.93. The van der Waals surface area contributed by atoms with E-state index in [9.17, 15) is 0 Å². The fourth-order valence-electron chi connectivity index (χ4n) is 1.53. The number of aliphatic hydroxyl groups is 1. The van der Waals surface area contributed by atoms with Crippen LogP contribution in [0.25, 0.3) is 0 Å². The van der Waals surface area contributed by atoms with E-state index < -0.39 is 0 Å². The fraction of sp³-hybridized carbons (Fsp3) is 0.462. The summed E-state index contributed by atoms with van der Waals surface area (Å²) in [7, 11) is 0. The van der Waals surface area contributed by atoms with Crippen molar-refractivity contribution in [2.75, 3.05) is 6.61 Å². The van der Waals surface area contributed by atoms with Crippen LogP contribution in [0, 0.1) is 0 Å². The molecule has 0 fully saturated rings. The average Bonchev–Trinajstić information content (AvgIpc) is 2.35. The van der Waals surface area contributed by atoms with Gasteiger partial charge in [0.15, 0.2) is 5.96 Å². The molecule has 0 saturated carbocycles. The predicted molar refractivity (Wildman–Crippen MR) is 70.7 cm³/mol. The summed E-state index contributed by atoms with van der Waals surface area (Å²) >= 11 is 0. The number of hydrogen-bond acceptors (Lipinski definition) is 2. The standard InChI is InChI=1S/C13H21N3O/c1-11(6-5-9-17)16-13(14)15-10-12-7-3-2-4-8-12/h2-4,7-8,11,17H,5-6,9-10H2,1H3,(H3,14,15,16). The Bertz CT molecular complexity index is 338. The van der Waals surface area contributed by atoms with Gasteiger partial charge in [0.1, 0.15) is 0 Å². The van der Waals surface area contributed by atoms with Crippen molar-refractivity contribution in [2.45, 2.75) is 32.4 Å². The second-order valence-electron chi connectivity index (χ2n) is 4.10. The molecule has 1 atom stereocenters. The molecule has 0 amide bonds. The third-order valence-electron chi connectivity index (χ3n) is 2.46. The Morgan fingerprint density at radius 1 is 1.41 bits per heavy atom. The summed E-state index contributed by atoms with van der Waals surface area (Å²) in [6, 6.07) is 10.2. The molecule has 4 N–H and O–H groups in total. The molecule has 0 heterocycles. The topological polar surface area (TPSA) is 70.6 Å². The molecule has 4 nitrogen and oxygen atoms in total. The summed E-state index contributed by atoms with van der Waals surface area (Å²) in [5, 5.41) is 11.8. The molecule has 0 radical (unpaired) electrons. The molecule has 1 aromatic rings. The molecule has 94 valence electrons. The van der Waals surface area contributed by atoms with Gasteiger partial charge in [-0.15, -0.1) is 0 Å². The first-order chi connectivity index (χ1) is 8.22. The van der Waals surface area contributed by atoms with E-state index in [1.165, 1.54) is 0 Å². The number of rotatable bonds is 6. The molecule has 1 unspecified atom stereocenters. The largest absolute Gasteiger partial charge is 0.396 e.